The molecule has 28 heavy (non-hydrogen) atoms. The first-order chi connectivity index (χ1) is 13.3. The fraction of sp³-hybridized carbons (Fsp3) is 0.714. The van der Waals surface area contributed by atoms with Crippen LogP contribution < -0.4 is 5.56 Å². The molecule has 0 aliphatic heterocycles. The molecule has 0 spiro atoms. The highest BCUT2D eigenvalue weighted by Gasteiger charge is 2.32. The van der Waals surface area contributed by atoms with Crippen molar-refractivity contribution < 1.29 is 4.79 Å². The molecule has 2 aromatic heterocycles. The quantitative estimate of drug-likeness (QED) is 0.737. The van der Waals surface area contributed by atoms with Gasteiger partial charge in [0, 0.05) is 18.0 Å². The standard InChI is InChI=1S/C21H32N4O2S/c1-6-10-24(11-7-2)17(26)13-25-20(27)18-15-9-8-14(21(3,4)5)12-16(15)28-19(18)22-23-25/h14H,6-13H2,1-5H3. The van der Waals surface area contributed by atoms with Gasteiger partial charge in [-0.05, 0) is 49.0 Å². The molecule has 0 N–H and O–H groups in total. The summed E-state index contributed by atoms with van der Waals surface area (Å²) >= 11 is 1.60. The van der Waals surface area contributed by atoms with E-state index < -0.39 is 0 Å². The molecule has 0 bridgehead atoms. The van der Waals surface area contributed by atoms with Gasteiger partial charge in [-0.1, -0.05) is 39.8 Å². The predicted octanol–water partition coefficient (Wildman–Crippen LogP) is 3.65. The monoisotopic (exact) mass is 404 g/mol. The van der Waals surface area contributed by atoms with Crippen LogP contribution in [0.4, 0.5) is 0 Å². The minimum atomic E-state index is -0.169. The summed E-state index contributed by atoms with van der Waals surface area (Å²) in [5, 5.41) is 9.06. The Labute approximate surface area is 170 Å². The molecular weight excluding hydrogens is 372 g/mol. The Morgan fingerprint density at radius 1 is 1.25 bits per heavy atom. The lowest BCUT2D eigenvalue weighted by Gasteiger charge is -2.33. The number of carbonyl (C=O) groups is 1. The highest BCUT2D eigenvalue weighted by atomic mass is 32.1. The van der Waals surface area contributed by atoms with E-state index in [4.69, 9.17) is 0 Å². The van der Waals surface area contributed by atoms with E-state index in [1.807, 2.05) is 4.90 Å². The molecule has 2 aromatic rings. The zero-order chi connectivity index (χ0) is 20.5. The van der Waals surface area contributed by atoms with Crippen LogP contribution in [0.3, 0.4) is 0 Å². The SMILES string of the molecule is CCCN(CCC)C(=O)Cn1nnc2sc3c(c2c1=O)CCC(C(C)(C)C)C3. The van der Waals surface area contributed by atoms with Crippen molar-refractivity contribution in [2.75, 3.05) is 13.1 Å². The maximum absolute atomic E-state index is 13.1. The number of thiophene rings is 1. The molecule has 0 fully saturated rings. The summed E-state index contributed by atoms with van der Waals surface area (Å²) in [6, 6.07) is 0. The maximum Gasteiger partial charge on any atom is 0.279 e. The minimum absolute atomic E-state index is 0.0307. The molecule has 6 nitrogen and oxygen atoms in total. The number of hydrogen-bond donors (Lipinski definition) is 0. The van der Waals surface area contributed by atoms with Crippen molar-refractivity contribution in [1.29, 1.82) is 0 Å². The largest absolute Gasteiger partial charge is 0.341 e. The fourth-order valence-electron chi connectivity index (χ4n) is 4.10. The Balaban J connectivity index is 1.90. The Morgan fingerprint density at radius 3 is 2.54 bits per heavy atom. The van der Waals surface area contributed by atoms with E-state index in [9.17, 15) is 9.59 Å². The van der Waals surface area contributed by atoms with Crippen molar-refractivity contribution in [3.63, 3.8) is 0 Å². The van der Waals surface area contributed by atoms with Gasteiger partial charge in [0.15, 0.2) is 4.83 Å². The van der Waals surface area contributed by atoms with Crippen LogP contribution in [0.15, 0.2) is 4.79 Å². The summed E-state index contributed by atoms with van der Waals surface area (Å²) in [5.74, 6) is 0.554. The Kier molecular flexibility index (Phi) is 6.22. The zero-order valence-corrected chi connectivity index (χ0v) is 18.6. The van der Waals surface area contributed by atoms with Gasteiger partial charge >= 0.3 is 0 Å². The molecule has 0 saturated heterocycles. The zero-order valence-electron chi connectivity index (χ0n) is 17.7. The molecule has 0 saturated carbocycles. The van der Waals surface area contributed by atoms with Gasteiger partial charge in [0.1, 0.15) is 6.54 Å². The molecule has 1 amide bonds. The van der Waals surface area contributed by atoms with Crippen LogP contribution in [-0.2, 0) is 24.2 Å². The molecule has 0 radical (unpaired) electrons. The normalized spacial score (nSPS) is 17.0. The summed E-state index contributed by atoms with van der Waals surface area (Å²) in [6.45, 7) is 12.3. The van der Waals surface area contributed by atoms with Crippen molar-refractivity contribution >= 4 is 27.5 Å². The average Bonchev–Trinajstić information content (AvgIpc) is 3.01. The van der Waals surface area contributed by atoms with Crippen LogP contribution >= 0.6 is 11.3 Å². The summed E-state index contributed by atoms with van der Waals surface area (Å²) in [7, 11) is 0. The molecule has 7 heteroatoms. The number of amides is 1. The van der Waals surface area contributed by atoms with Gasteiger partial charge in [0.05, 0.1) is 5.39 Å². The second-order valence-corrected chi connectivity index (χ2v) is 10.0. The molecular formula is C21H32N4O2S. The minimum Gasteiger partial charge on any atom is -0.341 e. The van der Waals surface area contributed by atoms with Crippen molar-refractivity contribution in [3.8, 4) is 0 Å². The van der Waals surface area contributed by atoms with Crippen LogP contribution in [0.25, 0.3) is 10.2 Å². The van der Waals surface area contributed by atoms with Crippen LogP contribution in [0.2, 0.25) is 0 Å². The smallest absolute Gasteiger partial charge is 0.279 e. The third-order valence-corrected chi connectivity index (χ3v) is 6.93. The summed E-state index contributed by atoms with van der Waals surface area (Å²) in [6.07, 6.45) is 4.80. The first kappa shape index (κ1) is 21.0. The molecule has 1 aliphatic carbocycles. The van der Waals surface area contributed by atoms with E-state index in [1.165, 1.54) is 9.56 Å². The number of rotatable bonds is 6. The lowest BCUT2D eigenvalue weighted by molar-refractivity contribution is -0.132. The third-order valence-electron chi connectivity index (χ3n) is 5.79. The average molecular weight is 405 g/mol. The molecule has 3 rings (SSSR count). The Bertz CT molecular complexity index is 903. The van der Waals surface area contributed by atoms with Crippen LogP contribution in [-0.4, -0.2) is 38.9 Å². The van der Waals surface area contributed by atoms with Crippen LogP contribution in [0.1, 0.15) is 64.3 Å². The van der Waals surface area contributed by atoms with Crippen LogP contribution in [0, 0.1) is 11.3 Å². The van der Waals surface area contributed by atoms with Gasteiger partial charge in [-0.15, -0.1) is 16.4 Å². The van der Waals surface area contributed by atoms with Crippen molar-refractivity contribution in [2.45, 2.75) is 73.3 Å². The molecule has 1 atom stereocenters. The highest BCUT2D eigenvalue weighted by molar-refractivity contribution is 7.18. The lowest BCUT2D eigenvalue weighted by atomic mass is 9.72. The number of carbonyl (C=O) groups excluding carboxylic acids is 1. The number of fused-ring (bicyclic) bond motifs is 3. The van der Waals surface area contributed by atoms with Crippen LogP contribution in [0.5, 0.6) is 0 Å². The van der Waals surface area contributed by atoms with Gasteiger partial charge in [0.2, 0.25) is 5.91 Å². The van der Waals surface area contributed by atoms with E-state index in [-0.39, 0.29) is 23.4 Å². The number of nitrogens with zero attached hydrogens (tertiary/aromatic N) is 4. The van der Waals surface area contributed by atoms with Gasteiger partial charge in [0.25, 0.3) is 5.56 Å². The fourth-order valence-corrected chi connectivity index (χ4v) is 5.33. The van der Waals surface area contributed by atoms with E-state index in [0.29, 0.717) is 29.2 Å². The second kappa shape index (κ2) is 8.31. The predicted molar refractivity (Wildman–Crippen MR) is 114 cm³/mol. The topological polar surface area (TPSA) is 68.1 Å². The van der Waals surface area contributed by atoms with Gasteiger partial charge < -0.3 is 4.90 Å². The molecule has 0 aromatic carbocycles. The first-order valence-electron chi connectivity index (χ1n) is 10.4. The van der Waals surface area contributed by atoms with Crippen molar-refractivity contribution in [1.82, 2.24) is 19.9 Å². The number of aromatic nitrogens is 3. The van der Waals surface area contributed by atoms with E-state index >= 15 is 0 Å². The molecule has 1 unspecified atom stereocenters. The highest BCUT2D eigenvalue weighted by Crippen LogP contribution is 2.41. The lowest BCUT2D eigenvalue weighted by Crippen LogP contribution is -2.38. The number of aryl methyl sites for hydroxylation is 1. The Hall–Kier alpha value is -1.76. The third kappa shape index (κ3) is 4.14. The van der Waals surface area contributed by atoms with Gasteiger partial charge in [-0.25, -0.2) is 4.68 Å². The van der Waals surface area contributed by atoms with Crippen molar-refractivity contribution in [2.24, 2.45) is 11.3 Å². The van der Waals surface area contributed by atoms with E-state index in [2.05, 4.69) is 44.9 Å². The van der Waals surface area contributed by atoms with E-state index in [0.717, 1.165) is 37.7 Å². The molecule has 154 valence electrons. The molecule has 1 aliphatic rings. The molecule has 2 heterocycles. The van der Waals surface area contributed by atoms with Gasteiger partial charge in [-0.2, -0.15) is 0 Å². The van der Waals surface area contributed by atoms with E-state index in [1.54, 1.807) is 11.3 Å². The summed E-state index contributed by atoms with van der Waals surface area (Å²) in [4.78, 5) is 29.6. The summed E-state index contributed by atoms with van der Waals surface area (Å²) in [5.41, 5.74) is 1.23. The van der Waals surface area contributed by atoms with Gasteiger partial charge in [-0.3, -0.25) is 9.59 Å². The Morgan fingerprint density at radius 2 is 1.93 bits per heavy atom. The first-order valence-corrected chi connectivity index (χ1v) is 11.2. The maximum atomic E-state index is 13.1. The second-order valence-electron chi connectivity index (χ2n) is 8.92. The number of hydrogen-bond acceptors (Lipinski definition) is 5. The summed E-state index contributed by atoms with van der Waals surface area (Å²) < 4.78 is 1.26. The van der Waals surface area contributed by atoms with Crippen molar-refractivity contribution in [3.05, 3.63) is 20.8 Å².